The molecule has 0 aliphatic rings. The molecule has 1 rings (SSSR count). The van der Waals surface area contributed by atoms with Gasteiger partial charge in [-0.25, -0.2) is 0 Å². The van der Waals surface area contributed by atoms with Crippen molar-refractivity contribution in [2.24, 2.45) is 16.5 Å². The summed E-state index contributed by atoms with van der Waals surface area (Å²) < 4.78 is 40.7. The normalized spacial score (nSPS) is 13.6. The van der Waals surface area contributed by atoms with E-state index in [-0.39, 0.29) is 17.1 Å². The molecule has 0 saturated heterocycles. The Morgan fingerprint density at radius 2 is 2.16 bits per heavy atom. The summed E-state index contributed by atoms with van der Waals surface area (Å²) in [5.41, 5.74) is 10.7. The maximum atomic E-state index is 12.0. The van der Waals surface area contributed by atoms with E-state index < -0.39 is 25.0 Å². The Hall–Kier alpha value is -2.32. The van der Waals surface area contributed by atoms with Gasteiger partial charge in [-0.15, -0.1) is 0 Å². The topological polar surface area (TPSA) is 114 Å². The molecule has 0 saturated carbocycles. The SMILES string of the molecule is N=C(N)C(N)=CC(=NCCC(F)(F)F)c1ccon1. The molecule has 0 unspecified atom stereocenters. The fourth-order valence-corrected chi connectivity index (χ4v) is 1.07. The van der Waals surface area contributed by atoms with E-state index in [1.54, 1.807) is 0 Å². The van der Waals surface area contributed by atoms with E-state index in [1.165, 1.54) is 18.4 Å². The number of amidine groups is 1. The molecular formula is C10H12F3N5O. The lowest BCUT2D eigenvalue weighted by atomic mass is 10.2. The molecule has 0 spiro atoms. The Labute approximate surface area is 106 Å². The van der Waals surface area contributed by atoms with Gasteiger partial charge in [0.1, 0.15) is 17.8 Å². The van der Waals surface area contributed by atoms with Crippen LogP contribution in [0, 0.1) is 5.41 Å². The highest BCUT2D eigenvalue weighted by atomic mass is 19.4. The number of nitrogens with one attached hydrogen (secondary N) is 1. The average Bonchev–Trinajstić information content (AvgIpc) is 2.78. The standard InChI is InChI=1S/C10H12F3N5O/c11-10(12,13)2-3-17-8(5-6(14)9(15)16)7-1-4-19-18-7/h1,4-5H,2-3,14H2,(H3,15,16). The minimum absolute atomic E-state index is 0.0747. The Kier molecular flexibility index (Phi) is 4.67. The van der Waals surface area contributed by atoms with Crippen LogP contribution in [0.4, 0.5) is 13.2 Å². The van der Waals surface area contributed by atoms with Crippen LogP contribution in [-0.4, -0.2) is 29.4 Å². The zero-order valence-corrected chi connectivity index (χ0v) is 9.74. The van der Waals surface area contributed by atoms with Gasteiger partial charge in [0, 0.05) is 12.6 Å². The zero-order chi connectivity index (χ0) is 14.5. The molecule has 0 bridgehead atoms. The van der Waals surface area contributed by atoms with Gasteiger partial charge in [0.05, 0.1) is 17.8 Å². The van der Waals surface area contributed by atoms with Crippen LogP contribution >= 0.6 is 0 Å². The molecule has 1 aromatic heterocycles. The van der Waals surface area contributed by atoms with Crippen molar-refractivity contribution in [2.45, 2.75) is 12.6 Å². The Morgan fingerprint density at radius 1 is 1.47 bits per heavy atom. The molecule has 0 atom stereocenters. The molecule has 0 aliphatic heterocycles. The average molecular weight is 275 g/mol. The van der Waals surface area contributed by atoms with Gasteiger partial charge in [-0.3, -0.25) is 10.4 Å². The van der Waals surface area contributed by atoms with E-state index in [4.69, 9.17) is 16.9 Å². The monoisotopic (exact) mass is 275 g/mol. The summed E-state index contributed by atoms with van der Waals surface area (Å²) in [6.45, 7) is -0.479. The molecule has 0 fully saturated rings. The van der Waals surface area contributed by atoms with Gasteiger partial charge < -0.3 is 16.0 Å². The van der Waals surface area contributed by atoms with E-state index in [9.17, 15) is 13.2 Å². The van der Waals surface area contributed by atoms with Gasteiger partial charge in [-0.1, -0.05) is 5.16 Å². The third-order valence-corrected chi connectivity index (χ3v) is 1.98. The Balaban J connectivity index is 2.91. The van der Waals surface area contributed by atoms with Crippen LogP contribution in [0.3, 0.4) is 0 Å². The second-order valence-corrected chi connectivity index (χ2v) is 3.53. The van der Waals surface area contributed by atoms with E-state index >= 15 is 0 Å². The van der Waals surface area contributed by atoms with Crippen molar-refractivity contribution in [3.05, 3.63) is 29.8 Å². The Morgan fingerprint density at radius 3 is 2.63 bits per heavy atom. The number of halogens is 3. The summed E-state index contributed by atoms with van der Waals surface area (Å²) in [4.78, 5) is 3.74. The third-order valence-electron chi connectivity index (χ3n) is 1.98. The highest BCUT2D eigenvalue weighted by Gasteiger charge is 2.26. The number of aliphatic imine (C=N–C) groups is 1. The van der Waals surface area contributed by atoms with Gasteiger partial charge in [0.25, 0.3) is 0 Å². The first-order chi connectivity index (χ1) is 8.79. The van der Waals surface area contributed by atoms with Crippen LogP contribution in [-0.2, 0) is 0 Å². The minimum Gasteiger partial charge on any atom is -0.396 e. The zero-order valence-electron chi connectivity index (χ0n) is 9.74. The second-order valence-electron chi connectivity index (χ2n) is 3.53. The molecule has 9 heteroatoms. The maximum absolute atomic E-state index is 12.0. The number of alkyl halides is 3. The summed E-state index contributed by atoms with van der Waals surface area (Å²) in [5.74, 6) is -0.410. The number of allylic oxidation sites excluding steroid dienone is 1. The van der Waals surface area contributed by atoms with Gasteiger partial charge in [-0.05, 0) is 6.08 Å². The summed E-state index contributed by atoms with van der Waals surface area (Å²) in [7, 11) is 0. The number of nitrogens with zero attached hydrogens (tertiary/aromatic N) is 2. The maximum Gasteiger partial charge on any atom is 0.390 e. The van der Waals surface area contributed by atoms with Gasteiger partial charge in [0.15, 0.2) is 0 Å². The number of aromatic nitrogens is 1. The van der Waals surface area contributed by atoms with Crippen LogP contribution < -0.4 is 11.5 Å². The van der Waals surface area contributed by atoms with E-state index in [2.05, 4.69) is 14.7 Å². The molecule has 104 valence electrons. The molecule has 5 N–H and O–H groups in total. The van der Waals surface area contributed by atoms with E-state index in [1.807, 2.05) is 0 Å². The fourth-order valence-electron chi connectivity index (χ4n) is 1.07. The summed E-state index contributed by atoms with van der Waals surface area (Å²) in [6.07, 6.45) is -2.95. The van der Waals surface area contributed by atoms with Crippen LogP contribution in [0.25, 0.3) is 0 Å². The molecule has 0 radical (unpaired) electrons. The first-order valence-electron chi connectivity index (χ1n) is 5.13. The largest absolute Gasteiger partial charge is 0.396 e. The number of nitrogens with two attached hydrogens (primary N) is 2. The van der Waals surface area contributed by atoms with Crippen LogP contribution in [0.5, 0.6) is 0 Å². The van der Waals surface area contributed by atoms with Crippen molar-refractivity contribution >= 4 is 11.5 Å². The lowest BCUT2D eigenvalue weighted by Gasteiger charge is -2.04. The van der Waals surface area contributed by atoms with Crippen molar-refractivity contribution in [3.63, 3.8) is 0 Å². The van der Waals surface area contributed by atoms with Crippen LogP contribution in [0.15, 0.2) is 33.6 Å². The predicted octanol–water partition coefficient (Wildman–Crippen LogP) is 1.19. The highest BCUT2D eigenvalue weighted by molar-refractivity contribution is 6.11. The molecule has 1 heterocycles. The smallest absolute Gasteiger partial charge is 0.390 e. The van der Waals surface area contributed by atoms with Crippen LogP contribution in [0.2, 0.25) is 0 Å². The Bertz CT molecular complexity index is 490. The molecular weight excluding hydrogens is 263 g/mol. The summed E-state index contributed by atoms with van der Waals surface area (Å²) in [5, 5.41) is 10.6. The van der Waals surface area contributed by atoms with Crippen molar-refractivity contribution in [2.75, 3.05) is 6.54 Å². The molecule has 0 amide bonds. The number of hydrogen-bond donors (Lipinski definition) is 3. The summed E-state index contributed by atoms with van der Waals surface area (Å²) >= 11 is 0. The number of hydrogen-bond acceptors (Lipinski definition) is 5. The van der Waals surface area contributed by atoms with E-state index in [0.29, 0.717) is 0 Å². The van der Waals surface area contributed by atoms with Crippen LogP contribution in [0.1, 0.15) is 12.1 Å². The van der Waals surface area contributed by atoms with Crippen molar-refractivity contribution in [1.29, 1.82) is 5.41 Å². The van der Waals surface area contributed by atoms with Gasteiger partial charge >= 0.3 is 6.18 Å². The molecule has 19 heavy (non-hydrogen) atoms. The molecule has 6 nitrogen and oxygen atoms in total. The van der Waals surface area contributed by atoms with Gasteiger partial charge in [-0.2, -0.15) is 13.2 Å². The fraction of sp³-hybridized carbons (Fsp3) is 0.300. The minimum atomic E-state index is -4.30. The third kappa shape index (κ3) is 5.23. The van der Waals surface area contributed by atoms with Crippen molar-refractivity contribution in [1.82, 2.24) is 5.16 Å². The van der Waals surface area contributed by atoms with Crippen molar-refractivity contribution in [3.8, 4) is 0 Å². The van der Waals surface area contributed by atoms with Crippen molar-refractivity contribution < 1.29 is 17.7 Å². The molecule has 0 aliphatic carbocycles. The second kappa shape index (κ2) is 6.03. The van der Waals surface area contributed by atoms with Gasteiger partial charge in [0.2, 0.25) is 0 Å². The predicted molar refractivity (Wildman–Crippen MR) is 62.8 cm³/mol. The number of rotatable bonds is 5. The molecule has 0 aromatic carbocycles. The quantitative estimate of drug-likeness (QED) is 0.553. The first-order valence-corrected chi connectivity index (χ1v) is 5.13. The molecule has 1 aromatic rings. The highest BCUT2D eigenvalue weighted by Crippen LogP contribution is 2.19. The first kappa shape index (κ1) is 14.7. The summed E-state index contributed by atoms with van der Waals surface area (Å²) in [6, 6.07) is 1.41. The lowest BCUT2D eigenvalue weighted by Crippen LogP contribution is -2.21. The lowest BCUT2D eigenvalue weighted by molar-refractivity contribution is -0.132. The van der Waals surface area contributed by atoms with E-state index in [0.717, 1.165) is 0 Å².